The Bertz CT molecular complexity index is 987. The van der Waals surface area contributed by atoms with Gasteiger partial charge in [0.2, 0.25) is 0 Å². The second kappa shape index (κ2) is 12.2. The number of piperidine rings is 1. The van der Waals surface area contributed by atoms with Gasteiger partial charge in [-0.05, 0) is 42.6 Å². The van der Waals surface area contributed by atoms with E-state index in [4.69, 9.17) is 0 Å². The number of hydrogen-bond donors (Lipinski definition) is 2. The van der Waals surface area contributed by atoms with E-state index in [1.807, 2.05) is 25.5 Å². The molecule has 174 valence electrons. The number of aliphatic imine (C=N–C) groups is 1. The van der Waals surface area contributed by atoms with Crippen LogP contribution in [0.25, 0.3) is 0 Å². The Morgan fingerprint density at radius 3 is 2.36 bits per heavy atom. The van der Waals surface area contributed by atoms with E-state index in [0.29, 0.717) is 0 Å². The Morgan fingerprint density at radius 2 is 1.61 bits per heavy atom. The Morgan fingerprint density at radius 1 is 0.879 bits per heavy atom. The molecule has 2 heterocycles. The normalized spacial score (nSPS) is 14.9. The van der Waals surface area contributed by atoms with Gasteiger partial charge >= 0.3 is 0 Å². The third-order valence-electron chi connectivity index (χ3n) is 6.20. The maximum absolute atomic E-state index is 4.54. The molecule has 0 bridgehead atoms. The summed E-state index contributed by atoms with van der Waals surface area (Å²) < 4.78 is 2.21. The summed E-state index contributed by atoms with van der Waals surface area (Å²) in [6.45, 7) is 5.91. The van der Waals surface area contributed by atoms with Gasteiger partial charge in [0, 0.05) is 52.0 Å². The van der Waals surface area contributed by atoms with Crippen LogP contribution in [0.2, 0.25) is 0 Å². The molecule has 1 aliphatic heterocycles. The van der Waals surface area contributed by atoms with Gasteiger partial charge in [0.15, 0.2) is 5.96 Å². The Kier molecular flexibility index (Phi) is 8.53. The standard InChI is InChI=1S/C27H36N6/c1-28-27(30-15-14-26-29-16-19-33(26)22-24-8-4-2-5-9-24)31-20-23-10-12-25(13-11-23)21-32-17-6-3-7-18-32/h2,4-5,8-13,16,19H,3,6-7,14-15,17-18,20-22H2,1H3,(H2,28,30,31). The first-order valence-electron chi connectivity index (χ1n) is 12.1. The lowest BCUT2D eigenvalue weighted by molar-refractivity contribution is 0.221. The molecule has 1 aromatic heterocycles. The minimum Gasteiger partial charge on any atom is -0.356 e. The van der Waals surface area contributed by atoms with E-state index in [-0.39, 0.29) is 0 Å². The summed E-state index contributed by atoms with van der Waals surface area (Å²) in [6, 6.07) is 19.5. The SMILES string of the molecule is CN=C(NCCc1nccn1Cc1ccccc1)NCc1ccc(CN2CCCCC2)cc1. The first kappa shape index (κ1) is 23.1. The lowest BCUT2D eigenvalue weighted by atomic mass is 10.1. The van der Waals surface area contributed by atoms with Gasteiger partial charge < -0.3 is 15.2 Å². The van der Waals surface area contributed by atoms with Crippen LogP contribution in [0.5, 0.6) is 0 Å². The fourth-order valence-electron chi connectivity index (χ4n) is 4.33. The second-order valence-electron chi connectivity index (χ2n) is 8.71. The van der Waals surface area contributed by atoms with Gasteiger partial charge in [-0.3, -0.25) is 9.89 Å². The van der Waals surface area contributed by atoms with E-state index in [1.54, 1.807) is 0 Å². The molecule has 1 fully saturated rings. The third-order valence-corrected chi connectivity index (χ3v) is 6.20. The number of nitrogens with zero attached hydrogens (tertiary/aromatic N) is 4. The zero-order valence-electron chi connectivity index (χ0n) is 19.7. The van der Waals surface area contributed by atoms with E-state index in [0.717, 1.165) is 44.4 Å². The first-order valence-corrected chi connectivity index (χ1v) is 12.1. The predicted octanol–water partition coefficient (Wildman–Crippen LogP) is 3.83. The summed E-state index contributed by atoms with van der Waals surface area (Å²) in [5.41, 5.74) is 3.94. The van der Waals surface area contributed by atoms with Gasteiger partial charge in [-0.1, -0.05) is 61.0 Å². The summed E-state index contributed by atoms with van der Waals surface area (Å²) >= 11 is 0. The molecule has 6 nitrogen and oxygen atoms in total. The topological polar surface area (TPSA) is 57.5 Å². The number of aromatic nitrogens is 2. The quantitative estimate of drug-likeness (QED) is 0.389. The molecule has 6 heteroatoms. The number of imidazole rings is 1. The molecule has 0 radical (unpaired) electrons. The van der Waals surface area contributed by atoms with Gasteiger partial charge in [-0.25, -0.2) is 4.98 Å². The smallest absolute Gasteiger partial charge is 0.191 e. The largest absolute Gasteiger partial charge is 0.356 e. The summed E-state index contributed by atoms with van der Waals surface area (Å²) in [5.74, 6) is 1.89. The molecule has 1 saturated heterocycles. The fourth-order valence-corrected chi connectivity index (χ4v) is 4.33. The molecule has 1 aliphatic rings. The van der Waals surface area contributed by atoms with Crippen LogP contribution in [0.15, 0.2) is 72.0 Å². The summed E-state index contributed by atoms with van der Waals surface area (Å²) in [5, 5.41) is 6.84. The van der Waals surface area contributed by atoms with Crippen LogP contribution in [0.4, 0.5) is 0 Å². The highest BCUT2D eigenvalue weighted by molar-refractivity contribution is 5.79. The Hall–Kier alpha value is -3.12. The minimum absolute atomic E-state index is 0.756. The lowest BCUT2D eigenvalue weighted by Crippen LogP contribution is -2.38. The molecule has 4 rings (SSSR count). The van der Waals surface area contributed by atoms with Gasteiger partial charge in [0.25, 0.3) is 0 Å². The minimum atomic E-state index is 0.756. The summed E-state index contributed by atoms with van der Waals surface area (Å²) in [4.78, 5) is 11.5. The molecule has 2 aromatic carbocycles. The molecule has 0 spiro atoms. The van der Waals surface area contributed by atoms with Gasteiger partial charge in [0.1, 0.15) is 5.82 Å². The molecule has 0 saturated carbocycles. The molecular weight excluding hydrogens is 408 g/mol. The van der Waals surface area contributed by atoms with Crippen LogP contribution >= 0.6 is 0 Å². The number of nitrogens with one attached hydrogen (secondary N) is 2. The Labute approximate surface area is 197 Å². The molecule has 0 amide bonds. The van der Waals surface area contributed by atoms with Crippen molar-refractivity contribution >= 4 is 5.96 Å². The average molecular weight is 445 g/mol. The zero-order chi connectivity index (χ0) is 22.7. The zero-order valence-corrected chi connectivity index (χ0v) is 19.7. The molecule has 33 heavy (non-hydrogen) atoms. The summed E-state index contributed by atoms with van der Waals surface area (Å²) in [6.07, 6.45) is 8.82. The molecule has 2 N–H and O–H groups in total. The first-order chi connectivity index (χ1) is 16.3. The monoisotopic (exact) mass is 444 g/mol. The molecule has 0 aliphatic carbocycles. The van der Waals surface area contributed by atoms with Crippen molar-refractivity contribution in [1.82, 2.24) is 25.1 Å². The maximum Gasteiger partial charge on any atom is 0.191 e. The van der Waals surface area contributed by atoms with Crippen LogP contribution < -0.4 is 10.6 Å². The van der Waals surface area contributed by atoms with Gasteiger partial charge in [-0.2, -0.15) is 0 Å². The van der Waals surface area contributed by atoms with Crippen molar-refractivity contribution in [3.05, 3.63) is 89.5 Å². The number of guanidine groups is 1. The highest BCUT2D eigenvalue weighted by atomic mass is 15.2. The second-order valence-corrected chi connectivity index (χ2v) is 8.71. The number of rotatable bonds is 9. The van der Waals surface area contributed by atoms with Gasteiger partial charge in [-0.15, -0.1) is 0 Å². The van der Waals surface area contributed by atoms with E-state index < -0.39 is 0 Å². The van der Waals surface area contributed by atoms with E-state index >= 15 is 0 Å². The molecule has 3 aromatic rings. The van der Waals surface area contributed by atoms with Crippen molar-refractivity contribution in [2.75, 3.05) is 26.7 Å². The van der Waals surface area contributed by atoms with Crippen molar-refractivity contribution in [1.29, 1.82) is 0 Å². The fraction of sp³-hybridized carbons (Fsp3) is 0.407. The summed E-state index contributed by atoms with van der Waals surface area (Å²) in [7, 11) is 1.81. The highest BCUT2D eigenvalue weighted by Gasteiger charge is 2.10. The van der Waals surface area contributed by atoms with Crippen molar-refractivity contribution in [2.24, 2.45) is 4.99 Å². The number of hydrogen-bond acceptors (Lipinski definition) is 3. The maximum atomic E-state index is 4.54. The van der Waals surface area contributed by atoms with Crippen LogP contribution in [-0.4, -0.2) is 47.1 Å². The lowest BCUT2D eigenvalue weighted by Gasteiger charge is -2.26. The van der Waals surface area contributed by atoms with E-state index in [9.17, 15) is 0 Å². The van der Waals surface area contributed by atoms with Crippen molar-refractivity contribution < 1.29 is 0 Å². The van der Waals surface area contributed by atoms with E-state index in [2.05, 4.69) is 78.6 Å². The molecular formula is C27H36N6. The van der Waals surface area contributed by atoms with Crippen molar-refractivity contribution in [2.45, 2.75) is 45.3 Å². The average Bonchev–Trinajstić information content (AvgIpc) is 3.30. The number of likely N-dealkylation sites (tertiary alicyclic amines) is 1. The van der Waals surface area contributed by atoms with Crippen molar-refractivity contribution in [3.63, 3.8) is 0 Å². The molecule has 0 unspecified atom stereocenters. The van der Waals surface area contributed by atoms with Crippen LogP contribution in [0.3, 0.4) is 0 Å². The predicted molar refractivity (Wildman–Crippen MR) is 135 cm³/mol. The van der Waals surface area contributed by atoms with Gasteiger partial charge in [0.05, 0.1) is 0 Å². The van der Waals surface area contributed by atoms with Crippen LogP contribution in [0, 0.1) is 0 Å². The van der Waals surface area contributed by atoms with E-state index in [1.165, 1.54) is 49.0 Å². The number of benzene rings is 2. The third kappa shape index (κ3) is 7.19. The van der Waals surface area contributed by atoms with Crippen LogP contribution in [-0.2, 0) is 26.1 Å². The highest BCUT2D eigenvalue weighted by Crippen LogP contribution is 2.13. The van der Waals surface area contributed by atoms with Crippen molar-refractivity contribution in [3.8, 4) is 0 Å². The van der Waals surface area contributed by atoms with Crippen LogP contribution in [0.1, 0.15) is 41.8 Å². The Balaban J connectivity index is 1.20. The molecule has 0 atom stereocenters.